The van der Waals surface area contributed by atoms with E-state index in [4.69, 9.17) is 0 Å². The first-order valence-corrected chi connectivity index (χ1v) is 7.82. The first-order chi connectivity index (χ1) is 13.1. The maximum absolute atomic E-state index is 12.8. The lowest BCUT2D eigenvalue weighted by molar-refractivity contribution is -0.138. The van der Waals surface area contributed by atoms with Crippen LogP contribution in [0.15, 0.2) is 60.9 Å². The average molecular weight is 398 g/mol. The molecule has 1 aromatic heterocycles. The maximum atomic E-state index is 12.8. The Morgan fingerprint density at radius 2 is 1.04 bits per heavy atom. The molecule has 0 aliphatic rings. The zero-order chi connectivity index (χ0) is 20.4. The van der Waals surface area contributed by atoms with Crippen LogP contribution in [0.25, 0.3) is 0 Å². The van der Waals surface area contributed by atoms with Gasteiger partial charge in [0.05, 0.1) is 11.1 Å². The number of hydrogen-bond acceptors (Lipinski definition) is 4. The van der Waals surface area contributed by atoms with Crippen molar-refractivity contribution in [1.82, 2.24) is 9.97 Å². The van der Waals surface area contributed by atoms with E-state index < -0.39 is 23.5 Å². The minimum absolute atomic E-state index is 0.151. The summed E-state index contributed by atoms with van der Waals surface area (Å²) in [5.41, 5.74) is -1.35. The van der Waals surface area contributed by atoms with Crippen LogP contribution in [-0.4, -0.2) is 9.97 Å². The molecule has 0 saturated carbocycles. The van der Waals surface area contributed by atoms with Crippen LogP contribution in [0.1, 0.15) is 11.1 Å². The van der Waals surface area contributed by atoms with Crippen LogP contribution < -0.4 is 10.6 Å². The predicted octanol–water partition coefficient (Wildman–Crippen LogP) is 6.00. The summed E-state index contributed by atoms with van der Waals surface area (Å²) >= 11 is 0. The van der Waals surface area contributed by atoms with Gasteiger partial charge in [0.2, 0.25) is 0 Å². The molecule has 0 atom stereocenters. The molecule has 146 valence electrons. The number of halogens is 6. The second-order valence-corrected chi connectivity index (χ2v) is 5.70. The zero-order valence-corrected chi connectivity index (χ0v) is 13.9. The number of aromatic nitrogens is 2. The second kappa shape index (κ2) is 7.37. The lowest BCUT2D eigenvalue weighted by Crippen LogP contribution is -2.06. The lowest BCUT2D eigenvalue weighted by Gasteiger charge is -2.12. The van der Waals surface area contributed by atoms with E-state index >= 15 is 0 Å². The van der Waals surface area contributed by atoms with E-state index in [0.29, 0.717) is 0 Å². The second-order valence-electron chi connectivity index (χ2n) is 5.70. The SMILES string of the molecule is FC(F)(F)c1cccc(Nc2cc(Nc3cccc(C(F)(F)F)c3)ncn2)c1. The van der Waals surface area contributed by atoms with E-state index in [-0.39, 0.29) is 23.0 Å². The van der Waals surface area contributed by atoms with Crippen molar-refractivity contribution in [3.8, 4) is 0 Å². The maximum Gasteiger partial charge on any atom is 0.416 e. The number of nitrogens with zero attached hydrogens (tertiary/aromatic N) is 2. The highest BCUT2D eigenvalue weighted by Crippen LogP contribution is 2.32. The van der Waals surface area contributed by atoms with Crippen molar-refractivity contribution in [3.63, 3.8) is 0 Å². The predicted molar refractivity (Wildman–Crippen MR) is 91.5 cm³/mol. The third-order valence-electron chi connectivity index (χ3n) is 3.59. The highest BCUT2D eigenvalue weighted by atomic mass is 19.4. The highest BCUT2D eigenvalue weighted by molar-refractivity contribution is 5.63. The fourth-order valence-electron chi connectivity index (χ4n) is 2.34. The molecule has 0 unspecified atom stereocenters. The molecule has 0 aliphatic heterocycles. The van der Waals surface area contributed by atoms with Crippen molar-refractivity contribution in [2.24, 2.45) is 0 Å². The Bertz CT molecular complexity index is 894. The van der Waals surface area contributed by atoms with Gasteiger partial charge in [0.15, 0.2) is 0 Å². The number of alkyl halides is 6. The summed E-state index contributed by atoms with van der Waals surface area (Å²) in [5.74, 6) is 0.340. The molecule has 3 rings (SSSR count). The number of nitrogens with one attached hydrogen (secondary N) is 2. The van der Waals surface area contributed by atoms with Crippen molar-refractivity contribution in [2.75, 3.05) is 10.6 Å². The van der Waals surface area contributed by atoms with E-state index in [1.807, 2.05) is 0 Å². The van der Waals surface area contributed by atoms with E-state index in [0.717, 1.165) is 30.6 Å². The van der Waals surface area contributed by atoms with Crippen LogP contribution in [0.3, 0.4) is 0 Å². The summed E-state index contributed by atoms with van der Waals surface area (Å²) in [6, 6.07) is 10.4. The Balaban J connectivity index is 1.78. The fourth-order valence-corrected chi connectivity index (χ4v) is 2.34. The van der Waals surface area contributed by atoms with Crippen LogP contribution >= 0.6 is 0 Å². The molecule has 0 saturated heterocycles. The summed E-state index contributed by atoms with van der Waals surface area (Å²) in [5, 5.41) is 5.41. The zero-order valence-electron chi connectivity index (χ0n) is 13.9. The fraction of sp³-hybridized carbons (Fsp3) is 0.111. The topological polar surface area (TPSA) is 49.8 Å². The molecule has 0 fully saturated rings. The molecule has 2 aromatic carbocycles. The third-order valence-corrected chi connectivity index (χ3v) is 3.59. The molecule has 10 heteroatoms. The number of benzene rings is 2. The first kappa shape index (κ1) is 19.5. The van der Waals surface area contributed by atoms with Gasteiger partial charge < -0.3 is 10.6 Å². The van der Waals surface area contributed by atoms with Gasteiger partial charge in [0.25, 0.3) is 0 Å². The summed E-state index contributed by atoms with van der Waals surface area (Å²) < 4.78 is 76.7. The average Bonchev–Trinajstić information content (AvgIpc) is 2.61. The van der Waals surface area contributed by atoms with Crippen LogP contribution in [0.5, 0.6) is 0 Å². The Hall–Kier alpha value is -3.30. The van der Waals surface area contributed by atoms with Gasteiger partial charge in [-0.3, -0.25) is 0 Å². The Morgan fingerprint density at radius 1 is 0.607 bits per heavy atom. The molecule has 0 spiro atoms. The molecule has 0 aliphatic carbocycles. The van der Waals surface area contributed by atoms with Crippen LogP contribution in [0.2, 0.25) is 0 Å². The summed E-state index contributed by atoms with van der Waals surface area (Å²) in [7, 11) is 0. The van der Waals surface area contributed by atoms with Gasteiger partial charge in [-0.1, -0.05) is 12.1 Å². The van der Waals surface area contributed by atoms with E-state index in [9.17, 15) is 26.3 Å². The first-order valence-electron chi connectivity index (χ1n) is 7.82. The third kappa shape index (κ3) is 4.90. The standard InChI is InChI=1S/C18H12F6N4/c19-17(20,21)11-3-1-5-13(7-11)27-15-9-16(26-10-25-15)28-14-6-2-4-12(8-14)18(22,23)24/h1-10H,(H2,25,26,27,28). The molecule has 0 amide bonds. The normalized spacial score (nSPS) is 11.9. The van der Waals surface area contributed by atoms with Crippen LogP contribution in [0.4, 0.5) is 49.4 Å². The highest BCUT2D eigenvalue weighted by Gasteiger charge is 2.31. The Morgan fingerprint density at radius 3 is 1.43 bits per heavy atom. The van der Waals surface area contributed by atoms with Gasteiger partial charge in [-0.15, -0.1) is 0 Å². The summed E-state index contributed by atoms with van der Waals surface area (Å²) in [6.45, 7) is 0. The van der Waals surface area contributed by atoms with E-state index in [1.165, 1.54) is 30.3 Å². The molecule has 2 N–H and O–H groups in total. The van der Waals surface area contributed by atoms with Gasteiger partial charge in [0.1, 0.15) is 18.0 Å². The summed E-state index contributed by atoms with van der Waals surface area (Å²) in [6.07, 6.45) is -7.84. The van der Waals surface area contributed by atoms with Crippen molar-refractivity contribution in [1.29, 1.82) is 0 Å². The van der Waals surface area contributed by atoms with Gasteiger partial charge in [-0.2, -0.15) is 26.3 Å². The quantitative estimate of drug-likeness (QED) is 0.529. The van der Waals surface area contributed by atoms with Crippen molar-refractivity contribution in [3.05, 3.63) is 72.1 Å². The molecule has 4 nitrogen and oxygen atoms in total. The lowest BCUT2D eigenvalue weighted by atomic mass is 10.2. The van der Waals surface area contributed by atoms with E-state index in [2.05, 4.69) is 20.6 Å². The molecule has 28 heavy (non-hydrogen) atoms. The molecule has 3 aromatic rings. The number of rotatable bonds is 4. The molecule has 1 heterocycles. The van der Waals surface area contributed by atoms with E-state index in [1.54, 1.807) is 0 Å². The largest absolute Gasteiger partial charge is 0.416 e. The monoisotopic (exact) mass is 398 g/mol. The molecular weight excluding hydrogens is 386 g/mol. The Labute approximate surface area is 155 Å². The van der Waals surface area contributed by atoms with Gasteiger partial charge in [-0.25, -0.2) is 9.97 Å². The molecule has 0 bridgehead atoms. The van der Waals surface area contributed by atoms with Gasteiger partial charge in [-0.05, 0) is 36.4 Å². The van der Waals surface area contributed by atoms with Crippen LogP contribution in [-0.2, 0) is 12.4 Å². The van der Waals surface area contributed by atoms with Gasteiger partial charge >= 0.3 is 12.4 Å². The molecule has 0 radical (unpaired) electrons. The molecular formula is C18H12F6N4. The minimum Gasteiger partial charge on any atom is -0.340 e. The van der Waals surface area contributed by atoms with Gasteiger partial charge in [0, 0.05) is 17.4 Å². The van der Waals surface area contributed by atoms with Crippen molar-refractivity contribution < 1.29 is 26.3 Å². The number of anilines is 4. The smallest absolute Gasteiger partial charge is 0.340 e. The van der Waals surface area contributed by atoms with Crippen LogP contribution in [0, 0.1) is 0 Å². The van der Waals surface area contributed by atoms with Crippen molar-refractivity contribution >= 4 is 23.0 Å². The minimum atomic E-state index is -4.49. The summed E-state index contributed by atoms with van der Waals surface area (Å²) in [4.78, 5) is 7.80. The Kier molecular flexibility index (Phi) is 5.12. The number of hydrogen-bond donors (Lipinski definition) is 2. The van der Waals surface area contributed by atoms with Crippen molar-refractivity contribution in [2.45, 2.75) is 12.4 Å².